The molecule has 0 aliphatic rings. The van der Waals surface area contributed by atoms with Crippen LogP contribution in [0.5, 0.6) is 0 Å². The maximum Gasteiger partial charge on any atom is 0.126 e. The van der Waals surface area contributed by atoms with Crippen LogP contribution < -0.4 is 5.32 Å². The van der Waals surface area contributed by atoms with Crippen molar-refractivity contribution in [1.29, 1.82) is 0 Å². The molecular formula is C11H12BrClN2S. The van der Waals surface area contributed by atoms with Gasteiger partial charge in [-0.1, -0.05) is 0 Å². The Labute approximate surface area is 114 Å². The molecule has 0 aliphatic heterocycles. The van der Waals surface area contributed by atoms with E-state index in [4.69, 9.17) is 0 Å². The predicted molar refractivity (Wildman–Crippen MR) is 75.6 cm³/mol. The quantitative estimate of drug-likeness (QED) is 0.915. The van der Waals surface area contributed by atoms with E-state index in [1.807, 2.05) is 18.3 Å². The molecule has 86 valence electrons. The number of nitrogens with one attached hydrogen (secondary N) is 1. The van der Waals surface area contributed by atoms with E-state index >= 15 is 0 Å². The summed E-state index contributed by atoms with van der Waals surface area (Å²) in [6, 6.07) is 6.15. The molecule has 16 heavy (non-hydrogen) atoms. The fourth-order valence-electron chi connectivity index (χ4n) is 1.26. The van der Waals surface area contributed by atoms with Crippen LogP contribution in [-0.4, -0.2) is 4.98 Å². The van der Waals surface area contributed by atoms with Gasteiger partial charge in [0.05, 0.1) is 3.79 Å². The first-order valence-electron chi connectivity index (χ1n) is 4.63. The largest absolute Gasteiger partial charge is 0.366 e. The Hall–Kier alpha value is -0.580. The maximum atomic E-state index is 4.24. The maximum absolute atomic E-state index is 4.24. The molecule has 0 radical (unpaired) electrons. The van der Waals surface area contributed by atoms with Crippen LogP contribution in [0.15, 0.2) is 33.6 Å². The molecule has 1 N–H and O–H groups in total. The fraction of sp³-hybridized carbons (Fsp3) is 0.182. The number of pyridine rings is 1. The molecule has 0 spiro atoms. The van der Waals surface area contributed by atoms with Crippen LogP contribution in [0.4, 0.5) is 5.82 Å². The highest BCUT2D eigenvalue weighted by Crippen LogP contribution is 2.21. The molecule has 2 aromatic heterocycles. The van der Waals surface area contributed by atoms with Crippen molar-refractivity contribution in [3.05, 3.63) is 44.7 Å². The SMILES string of the molecule is Cc1ccnc(NCc2csc(Br)c2)c1.Cl. The average Bonchev–Trinajstić information content (AvgIpc) is 2.62. The molecule has 0 fully saturated rings. The summed E-state index contributed by atoms with van der Waals surface area (Å²) < 4.78 is 1.16. The van der Waals surface area contributed by atoms with Gasteiger partial charge in [0.2, 0.25) is 0 Å². The first-order chi connectivity index (χ1) is 7.24. The second-order valence-corrected chi connectivity index (χ2v) is 5.62. The van der Waals surface area contributed by atoms with E-state index in [1.165, 1.54) is 11.1 Å². The summed E-state index contributed by atoms with van der Waals surface area (Å²) in [5.41, 5.74) is 2.49. The van der Waals surface area contributed by atoms with Gasteiger partial charge in [-0.05, 0) is 57.6 Å². The molecule has 0 bridgehead atoms. The Kier molecular flexibility index (Phi) is 5.25. The predicted octanol–water partition coefficient (Wildman–Crippen LogP) is 4.25. The second-order valence-electron chi connectivity index (χ2n) is 3.33. The van der Waals surface area contributed by atoms with Crippen molar-refractivity contribution >= 4 is 45.5 Å². The first-order valence-corrected chi connectivity index (χ1v) is 6.31. The van der Waals surface area contributed by atoms with Crippen molar-refractivity contribution in [1.82, 2.24) is 4.98 Å². The van der Waals surface area contributed by atoms with Crippen LogP contribution in [0.2, 0.25) is 0 Å². The van der Waals surface area contributed by atoms with Crippen LogP contribution in [0.3, 0.4) is 0 Å². The van der Waals surface area contributed by atoms with Crippen LogP contribution in [-0.2, 0) is 6.54 Å². The molecule has 2 rings (SSSR count). The Balaban J connectivity index is 0.00000128. The molecule has 0 aliphatic carbocycles. The van der Waals surface area contributed by atoms with E-state index in [0.717, 1.165) is 16.1 Å². The minimum atomic E-state index is 0. The monoisotopic (exact) mass is 318 g/mol. The summed E-state index contributed by atoms with van der Waals surface area (Å²) in [6.45, 7) is 2.88. The number of aromatic nitrogens is 1. The molecule has 2 nitrogen and oxygen atoms in total. The Morgan fingerprint density at radius 3 is 2.88 bits per heavy atom. The minimum Gasteiger partial charge on any atom is -0.366 e. The lowest BCUT2D eigenvalue weighted by atomic mass is 10.3. The molecule has 5 heteroatoms. The normalized spacial score (nSPS) is 9.62. The summed E-state index contributed by atoms with van der Waals surface area (Å²) >= 11 is 5.14. The van der Waals surface area contributed by atoms with E-state index in [-0.39, 0.29) is 12.4 Å². The van der Waals surface area contributed by atoms with Gasteiger partial charge < -0.3 is 5.32 Å². The molecule has 0 aromatic carbocycles. The number of thiophene rings is 1. The summed E-state index contributed by atoms with van der Waals surface area (Å²) in [5.74, 6) is 0.928. The van der Waals surface area contributed by atoms with Gasteiger partial charge in [0, 0.05) is 12.7 Å². The molecule has 0 unspecified atom stereocenters. The smallest absolute Gasteiger partial charge is 0.126 e. The van der Waals surface area contributed by atoms with Gasteiger partial charge in [-0.25, -0.2) is 4.98 Å². The lowest BCUT2D eigenvalue weighted by Crippen LogP contribution is -1.99. The zero-order valence-corrected chi connectivity index (χ0v) is 12.0. The van der Waals surface area contributed by atoms with Crippen molar-refractivity contribution in [3.63, 3.8) is 0 Å². The fourth-order valence-corrected chi connectivity index (χ4v) is 2.47. The third-order valence-corrected chi connectivity index (χ3v) is 3.56. The van der Waals surface area contributed by atoms with Crippen LogP contribution in [0, 0.1) is 6.92 Å². The number of nitrogens with zero attached hydrogens (tertiary/aromatic N) is 1. The van der Waals surface area contributed by atoms with Gasteiger partial charge >= 0.3 is 0 Å². The van der Waals surface area contributed by atoms with Crippen LogP contribution in [0.25, 0.3) is 0 Å². The van der Waals surface area contributed by atoms with Gasteiger partial charge in [-0.2, -0.15) is 0 Å². The minimum absolute atomic E-state index is 0. The third-order valence-electron chi connectivity index (χ3n) is 2.01. The van der Waals surface area contributed by atoms with Crippen molar-refractivity contribution in [2.75, 3.05) is 5.32 Å². The summed E-state index contributed by atoms with van der Waals surface area (Å²) in [7, 11) is 0. The zero-order valence-electron chi connectivity index (χ0n) is 8.74. The lowest BCUT2D eigenvalue weighted by Gasteiger charge is -2.04. The van der Waals surface area contributed by atoms with E-state index in [0.29, 0.717) is 0 Å². The lowest BCUT2D eigenvalue weighted by molar-refractivity contribution is 1.11. The average molecular weight is 320 g/mol. The second kappa shape index (κ2) is 6.23. The summed E-state index contributed by atoms with van der Waals surface area (Å²) in [5, 5.41) is 5.42. The van der Waals surface area contributed by atoms with Gasteiger partial charge in [-0.15, -0.1) is 23.7 Å². The van der Waals surface area contributed by atoms with Crippen molar-refractivity contribution < 1.29 is 0 Å². The topological polar surface area (TPSA) is 24.9 Å². The summed E-state index contributed by atoms with van der Waals surface area (Å²) in [4.78, 5) is 4.24. The van der Waals surface area contributed by atoms with Crippen LogP contribution >= 0.6 is 39.7 Å². The highest BCUT2D eigenvalue weighted by Gasteiger charge is 1.98. The molecular weight excluding hydrogens is 308 g/mol. The van der Waals surface area contributed by atoms with Crippen molar-refractivity contribution in [2.45, 2.75) is 13.5 Å². The van der Waals surface area contributed by atoms with Crippen molar-refractivity contribution in [2.24, 2.45) is 0 Å². The molecule has 0 saturated carbocycles. The van der Waals surface area contributed by atoms with Gasteiger partial charge in [0.25, 0.3) is 0 Å². The van der Waals surface area contributed by atoms with E-state index in [9.17, 15) is 0 Å². The highest BCUT2D eigenvalue weighted by molar-refractivity contribution is 9.11. The number of halogens is 2. The number of hydrogen-bond donors (Lipinski definition) is 1. The Bertz CT molecular complexity index is 459. The number of aryl methyl sites for hydroxylation is 1. The van der Waals surface area contributed by atoms with E-state index in [2.05, 4.69) is 44.6 Å². The van der Waals surface area contributed by atoms with E-state index < -0.39 is 0 Å². The first kappa shape index (κ1) is 13.5. The molecule has 2 aromatic rings. The number of hydrogen-bond acceptors (Lipinski definition) is 3. The standard InChI is InChI=1S/C11H11BrN2S.ClH/c1-8-2-3-13-11(4-8)14-6-9-5-10(12)15-7-9;/h2-5,7H,6H2,1H3,(H,13,14);1H. The molecule has 0 atom stereocenters. The van der Waals surface area contributed by atoms with Gasteiger partial charge in [0.15, 0.2) is 0 Å². The molecule has 0 saturated heterocycles. The van der Waals surface area contributed by atoms with Gasteiger partial charge in [-0.3, -0.25) is 0 Å². The third kappa shape index (κ3) is 3.77. The van der Waals surface area contributed by atoms with Crippen molar-refractivity contribution in [3.8, 4) is 0 Å². The molecule has 0 amide bonds. The highest BCUT2D eigenvalue weighted by atomic mass is 79.9. The van der Waals surface area contributed by atoms with E-state index in [1.54, 1.807) is 11.3 Å². The van der Waals surface area contributed by atoms with Gasteiger partial charge in [0.1, 0.15) is 5.82 Å². The number of rotatable bonds is 3. The van der Waals surface area contributed by atoms with Crippen LogP contribution in [0.1, 0.15) is 11.1 Å². The number of anilines is 1. The summed E-state index contributed by atoms with van der Waals surface area (Å²) in [6.07, 6.45) is 1.82. The molecule has 2 heterocycles. The Morgan fingerprint density at radius 2 is 2.25 bits per heavy atom. The Morgan fingerprint density at radius 1 is 1.44 bits per heavy atom. The zero-order chi connectivity index (χ0) is 10.7.